The molecule has 39 heavy (non-hydrogen) atoms. The summed E-state index contributed by atoms with van der Waals surface area (Å²) in [7, 11) is 0. The van der Waals surface area contributed by atoms with Crippen molar-refractivity contribution in [2.75, 3.05) is 26.3 Å². The molecule has 2 unspecified atom stereocenters. The molecule has 6 rings (SSSR count). The zero-order valence-corrected chi connectivity index (χ0v) is 22.0. The van der Waals surface area contributed by atoms with Gasteiger partial charge >= 0.3 is 0 Å². The van der Waals surface area contributed by atoms with Gasteiger partial charge in [-0.2, -0.15) is 0 Å². The molecule has 1 amide bonds. The van der Waals surface area contributed by atoms with Crippen LogP contribution in [0.4, 0.5) is 0 Å². The monoisotopic (exact) mass is 527 g/mol. The van der Waals surface area contributed by atoms with Crippen molar-refractivity contribution in [3.05, 3.63) is 77.5 Å². The van der Waals surface area contributed by atoms with E-state index in [0.29, 0.717) is 49.7 Å². The SMILES string of the molecule is C[C@@H](NC(=O)C(=O)C1Cc2ccc(-c3ccccn3)cc2C1)[C@](O)(c1ccc2c(c1)OCCO2)C1CCNC1. The Hall–Kier alpha value is -3.75. The van der Waals surface area contributed by atoms with Crippen molar-refractivity contribution in [1.29, 1.82) is 0 Å². The summed E-state index contributed by atoms with van der Waals surface area (Å²) in [6.45, 7) is 4.07. The number of aliphatic hydroxyl groups is 1. The number of ketones is 1. The highest BCUT2D eigenvalue weighted by Crippen LogP contribution is 2.41. The lowest BCUT2D eigenvalue weighted by Gasteiger charge is -2.40. The first-order valence-corrected chi connectivity index (χ1v) is 13.6. The van der Waals surface area contributed by atoms with Crippen LogP contribution < -0.4 is 20.1 Å². The van der Waals surface area contributed by atoms with Gasteiger partial charge in [0.1, 0.15) is 18.8 Å². The van der Waals surface area contributed by atoms with Crippen LogP contribution in [0.5, 0.6) is 11.5 Å². The molecule has 0 spiro atoms. The van der Waals surface area contributed by atoms with E-state index in [4.69, 9.17) is 9.47 Å². The molecule has 4 atom stereocenters. The number of hydrogen-bond acceptors (Lipinski definition) is 7. The van der Waals surface area contributed by atoms with Gasteiger partial charge in [0.2, 0.25) is 5.78 Å². The number of rotatable bonds is 7. The van der Waals surface area contributed by atoms with Gasteiger partial charge in [-0.05, 0) is 79.8 Å². The first-order valence-electron chi connectivity index (χ1n) is 13.6. The fourth-order valence-electron chi connectivity index (χ4n) is 6.22. The summed E-state index contributed by atoms with van der Waals surface area (Å²) in [5, 5.41) is 18.3. The molecule has 3 aliphatic rings. The number of carbonyl (C=O) groups is 2. The van der Waals surface area contributed by atoms with Crippen molar-refractivity contribution < 1.29 is 24.2 Å². The van der Waals surface area contributed by atoms with E-state index in [9.17, 15) is 14.7 Å². The average molecular weight is 528 g/mol. The quantitative estimate of drug-likeness (QED) is 0.406. The zero-order chi connectivity index (χ0) is 27.0. The number of nitrogens with zero attached hydrogens (tertiary/aromatic N) is 1. The lowest BCUT2D eigenvalue weighted by molar-refractivity contribution is -0.142. The topological polar surface area (TPSA) is 110 Å². The van der Waals surface area contributed by atoms with Crippen LogP contribution in [0.15, 0.2) is 60.8 Å². The fourth-order valence-corrected chi connectivity index (χ4v) is 6.22. The van der Waals surface area contributed by atoms with Crippen molar-refractivity contribution in [2.45, 2.75) is 37.8 Å². The van der Waals surface area contributed by atoms with E-state index in [0.717, 1.165) is 35.3 Å². The second kappa shape index (κ2) is 10.4. The molecule has 0 bridgehead atoms. The summed E-state index contributed by atoms with van der Waals surface area (Å²) in [5.41, 5.74) is 3.26. The normalized spacial score (nSPS) is 22.0. The number of nitrogens with one attached hydrogen (secondary N) is 2. The summed E-state index contributed by atoms with van der Waals surface area (Å²) in [6, 6.07) is 16.6. The first-order chi connectivity index (χ1) is 18.9. The number of Topliss-reactive ketones (excluding diaryl/α,β-unsaturated/α-hetero) is 1. The van der Waals surface area contributed by atoms with Gasteiger partial charge in [0.15, 0.2) is 11.5 Å². The van der Waals surface area contributed by atoms with Crippen LogP contribution in [0.2, 0.25) is 0 Å². The van der Waals surface area contributed by atoms with E-state index in [1.165, 1.54) is 0 Å². The third-order valence-corrected chi connectivity index (χ3v) is 8.39. The maximum atomic E-state index is 13.3. The molecule has 3 heterocycles. The minimum atomic E-state index is -1.40. The smallest absolute Gasteiger partial charge is 0.288 e. The van der Waals surface area contributed by atoms with E-state index < -0.39 is 29.3 Å². The van der Waals surface area contributed by atoms with Gasteiger partial charge in [0.05, 0.1) is 11.7 Å². The first kappa shape index (κ1) is 25.5. The van der Waals surface area contributed by atoms with Crippen molar-refractivity contribution in [2.24, 2.45) is 11.8 Å². The molecule has 0 radical (unpaired) electrons. The van der Waals surface area contributed by atoms with Gasteiger partial charge in [-0.25, -0.2) is 0 Å². The number of benzene rings is 2. The number of amides is 1. The maximum Gasteiger partial charge on any atom is 0.288 e. The summed E-state index contributed by atoms with van der Waals surface area (Å²) in [5.74, 6) is -0.478. The van der Waals surface area contributed by atoms with Gasteiger partial charge in [0, 0.05) is 30.1 Å². The van der Waals surface area contributed by atoms with Crippen LogP contribution in [0.1, 0.15) is 30.0 Å². The summed E-state index contributed by atoms with van der Waals surface area (Å²) >= 11 is 0. The van der Waals surface area contributed by atoms with Crippen LogP contribution in [-0.2, 0) is 28.0 Å². The molecule has 2 aromatic carbocycles. The Morgan fingerprint density at radius 2 is 1.87 bits per heavy atom. The van der Waals surface area contributed by atoms with Crippen molar-refractivity contribution >= 4 is 11.7 Å². The summed E-state index contributed by atoms with van der Waals surface area (Å²) in [6.07, 6.45) is 3.54. The number of carbonyl (C=O) groups excluding carboxylic acids is 2. The van der Waals surface area contributed by atoms with E-state index in [1.54, 1.807) is 25.3 Å². The Labute approximate surface area is 227 Å². The standard InChI is InChI=1S/C31H33N3O5/c1-19(31(37,25-9-11-32-18-25)24-7-8-27-28(17-24)39-13-12-38-27)34-30(36)29(35)23-14-20-5-6-21(15-22(20)16-23)26-4-2-3-10-33-26/h2-8,10,15,17,19,23,25,32,37H,9,11-14,16,18H2,1H3,(H,34,36)/t19-,23?,25?,31+/m1/s1. The van der Waals surface area contributed by atoms with E-state index in [2.05, 4.69) is 21.7 Å². The number of hydrogen-bond donors (Lipinski definition) is 3. The van der Waals surface area contributed by atoms with Crippen LogP contribution in [0.3, 0.4) is 0 Å². The predicted octanol–water partition coefficient (Wildman–Crippen LogP) is 2.81. The Balaban J connectivity index is 1.18. The largest absolute Gasteiger partial charge is 0.486 e. The molecule has 8 nitrogen and oxygen atoms in total. The Bertz CT molecular complexity index is 1390. The second-order valence-electron chi connectivity index (χ2n) is 10.7. The molecule has 202 valence electrons. The van der Waals surface area contributed by atoms with Gasteiger partial charge in [-0.3, -0.25) is 14.6 Å². The van der Waals surface area contributed by atoms with Crippen LogP contribution >= 0.6 is 0 Å². The number of ether oxygens (including phenoxy) is 2. The van der Waals surface area contributed by atoms with Gasteiger partial charge < -0.3 is 25.2 Å². The molecule has 8 heteroatoms. The number of fused-ring (bicyclic) bond motifs is 2. The number of aromatic nitrogens is 1. The van der Waals surface area contributed by atoms with Gasteiger partial charge in [-0.15, -0.1) is 0 Å². The highest BCUT2D eigenvalue weighted by molar-refractivity contribution is 6.37. The molecule has 1 saturated heterocycles. The molecule has 1 aromatic heterocycles. The Morgan fingerprint density at radius 3 is 2.64 bits per heavy atom. The molecular formula is C31H33N3O5. The van der Waals surface area contributed by atoms with E-state index >= 15 is 0 Å². The molecule has 3 aromatic rings. The van der Waals surface area contributed by atoms with E-state index in [1.807, 2.05) is 36.4 Å². The van der Waals surface area contributed by atoms with Crippen LogP contribution in [-0.4, -0.2) is 54.1 Å². The summed E-state index contributed by atoms with van der Waals surface area (Å²) in [4.78, 5) is 31.0. The highest BCUT2D eigenvalue weighted by atomic mass is 16.6. The molecule has 3 N–H and O–H groups in total. The third kappa shape index (κ3) is 4.79. The Morgan fingerprint density at radius 1 is 1.05 bits per heavy atom. The van der Waals surface area contributed by atoms with Crippen molar-refractivity contribution in [1.82, 2.24) is 15.6 Å². The summed E-state index contributed by atoms with van der Waals surface area (Å²) < 4.78 is 11.4. The second-order valence-corrected chi connectivity index (χ2v) is 10.7. The fraction of sp³-hybridized carbons (Fsp3) is 0.387. The minimum Gasteiger partial charge on any atom is -0.486 e. The molecule has 2 aliphatic heterocycles. The van der Waals surface area contributed by atoms with Crippen LogP contribution in [0.25, 0.3) is 11.3 Å². The minimum absolute atomic E-state index is 0.147. The molecular weight excluding hydrogens is 494 g/mol. The number of pyridine rings is 1. The molecule has 1 fully saturated rings. The third-order valence-electron chi connectivity index (χ3n) is 8.39. The van der Waals surface area contributed by atoms with Gasteiger partial charge in [0.25, 0.3) is 5.91 Å². The van der Waals surface area contributed by atoms with Crippen molar-refractivity contribution in [3.63, 3.8) is 0 Å². The van der Waals surface area contributed by atoms with E-state index in [-0.39, 0.29) is 5.92 Å². The van der Waals surface area contributed by atoms with Crippen molar-refractivity contribution in [3.8, 4) is 22.8 Å². The highest BCUT2D eigenvalue weighted by Gasteiger charge is 2.46. The average Bonchev–Trinajstić information content (AvgIpc) is 3.67. The zero-order valence-electron chi connectivity index (χ0n) is 22.0. The lowest BCUT2D eigenvalue weighted by Crippen LogP contribution is -2.55. The van der Waals surface area contributed by atoms with Crippen LogP contribution in [0, 0.1) is 11.8 Å². The predicted molar refractivity (Wildman–Crippen MR) is 145 cm³/mol. The maximum absolute atomic E-state index is 13.3. The lowest BCUT2D eigenvalue weighted by atomic mass is 9.75. The molecule has 0 saturated carbocycles. The molecule has 1 aliphatic carbocycles. The Kier molecular flexibility index (Phi) is 6.83. The van der Waals surface area contributed by atoms with Gasteiger partial charge in [-0.1, -0.05) is 24.3 Å².